The van der Waals surface area contributed by atoms with E-state index in [1.165, 1.54) is 0 Å². The van der Waals surface area contributed by atoms with E-state index in [0.717, 1.165) is 0 Å². The number of Topliss-reactive ketones (excluding diaryl/α,β-unsaturated/α-hetero) is 1. The highest BCUT2D eigenvalue weighted by molar-refractivity contribution is 6.31. The summed E-state index contributed by atoms with van der Waals surface area (Å²) in [5.41, 5.74) is 4.83. The topological polar surface area (TPSA) is 108 Å². The first kappa shape index (κ1) is 19.5. The molecule has 152 valence electrons. The molecule has 0 bridgehead atoms. The molecule has 0 saturated carbocycles. The number of amides is 1. The monoisotopic (exact) mass is 416 g/mol. The average molecular weight is 417 g/mol. The molecule has 0 unspecified atom stereocenters. The maximum absolute atomic E-state index is 13.5. The summed E-state index contributed by atoms with van der Waals surface area (Å²) in [5.74, 6) is -1.56. The quantitative estimate of drug-likeness (QED) is 0.717. The van der Waals surface area contributed by atoms with E-state index in [1.54, 1.807) is 25.1 Å². The first-order chi connectivity index (χ1) is 13.6. The molecule has 1 aromatic carbocycles. The molecule has 1 amide bonds. The second-order valence-electron chi connectivity index (χ2n) is 8.19. The molecule has 8 heteroatoms. The normalized spacial score (nSPS) is 24.8. The molecule has 2 heterocycles. The molecule has 29 heavy (non-hydrogen) atoms. The van der Waals surface area contributed by atoms with E-state index in [1.807, 2.05) is 13.8 Å². The van der Waals surface area contributed by atoms with E-state index in [0.29, 0.717) is 28.5 Å². The smallest absolute Gasteiger partial charge is 0.341 e. The predicted octanol–water partition coefficient (Wildman–Crippen LogP) is 2.94. The SMILES string of the molecule is CCOC(=O)C1=C(N)OC2=C(C(=O)CC(C)(C)C2)[C@@]12C(=O)Nc1ccc(Cl)cc12. The lowest BCUT2D eigenvalue weighted by Crippen LogP contribution is -2.50. The van der Waals surface area contributed by atoms with Crippen LogP contribution in [0.25, 0.3) is 0 Å². The summed E-state index contributed by atoms with van der Waals surface area (Å²) in [5, 5.41) is 3.13. The molecule has 0 aromatic heterocycles. The fraction of sp³-hybridized carbons (Fsp3) is 0.381. The van der Waals surface area contributed by atoms with Crippen molar-refractivity contribution in [2.45, 2.75) is 39.0 Å². The molecule has 1 aliphatic carbocycles. The Morgan fingerprint density at radius 2 is 2.03 bits per heavy atom. The highest BCUT2D eigenvalue weighted by Crippen LogP contribution is 2.56. The summed E-state index contributed by atoms with van der Waals surface area (Å²) >= 11 is 6.22. The van der Waals surface area contributed by atoms with Crippen molar-refractivity contribution < 1.29 is 23.9 Å². The number of allylic oxidation sites excluding steroid dienone is 1. The van der Waals surface area contributed by atoms with Gasteiger partial charge in [0.2, 0.25) is 11.8 Å². The summed E-state index contributed by atoms with van der Waals surface area (Å²) < 4.78 is 10.9. The van der Waals surface area contributed by atoms with Gasteiger partial charge in [-0.3, -0.25) is 9.59 Å². The highest BCUT2D eigenvalue weighted by atomic mass is 35.5. The number of ketones is 1. The van der Waals surface area contributed by atoms with E-state index in [-0.39, 0.29) is 41.3 Å². The number of hydrogen-bond donors (Lipinski definition) is 2. The van der Waals surface area contributed by atoms with Gasteiger partial charge in [-0.1, -0.05) is 25.4 Å². The number of fused-ring (bicyclic) bond motifs is 3. The molecule has 4 rings (SSSR count). The van der Waals surface area contributed by atoms with Gasteiger partial charge in [-0.05, 0) is 30.5 Å². The van der Waals surface area contributed by atoms with Crippen LogP contribution in [-0.4, -0.2) is 24.3 Å². The number of hydrogen-bond acceptors (Lipinski definition) is 6. The number of ether oxygens (including phenoxy) is 2. The first-order valence-corrected chi connectivity index (χ1v) is 9.73. The van der Waals surface area contributed by atoms with Crippen molar-refractivity contribution in [2.24, 2.45) is 11.1 Å². The summed E-state index contributed by atoms with van der Waals surface area (Å²) in [7, 11) is 0. The third kappa shape index (κ3) is 2.68. The zero-order chi connectivity index (χ0) is 21.1. The number of anilines is 1. The van der Waals surface area contributed by atoms with Crippen molar-refractivity contribution in [3.8, 4) is 0 Å². The van der Waals surface area contributed by atoms with Crippen LogP contribution < -0.4 is 11.1 Å². The van der Waals surface area contributed by atoms with Crippen molar-refractivity contribution in [3.63, 3.8) is 0 Å². The molecular formula is C21H21ClN2O5. The average Bonchev–Trinajstić information content (AvgIpc) is 2.86. The second kappa shape index (κ2) is 6.35. The van der Waals surface area contributed by atoms with Gasteiger partial charge < -0.3 is 20.5 Å². The van der Waals surface area contributed by atoms with E-state index in [9.17, 15) is 14.4 Å². The molecule has 0 saturated heterocycles. The Balaban J connectivity index is 2.08. The molecule has 2 aliphatic heterocycles. The Morgan fingerprint density at radius 1 is 1.31 bits per heavy atom. The zero-order valence-electron chi connectivity index (χ0n) is 16.3. The third-order valence-electron chi connectivity index (χ3n) is 5.52. The molecule has 1 spiro atoms. The molecule has 0 radical (unpaired) electrons. The van der Waals surface area contributed by atoms with Crippen molar-refractivity contribution in [2.75, 3.05) is 11.9 Å². The van der Waals surface area contributed by atoms with Gasteiger partial charge in [-0.25, -0.2) is 4.79 Å². The molecule has 1 aromatic rings. The molecule has 7 nitrogen and oxygen atoms in total. The summed E-state index contributed by atoms with van der Waals surface area (Å²) in [6, 6.07) is 4.83. The third-order valence-corrected chi connectivity index (χ3v) is 5.75. The Labute approximate surface area is 172 Å². The number of carbonyl (C=O) groups excluding carboxylic acids is 3. The van der Waals surface area contributed by atoms with Crippen LogP contribution in [-0.2, 0) is 29.3 Å². The largest absolute Gasteiger partial charge is 0.462 e. The minimum Gasteiger partial charge on any atom is -0.462 e. The maximum atomic E-state index is 13.5. The molecule has 0 fully saturated rings. The van der Waals surface area contributed by atoms with Gasteiger partial charge in [0.05, 0.1) is 12.2 Å². The number of benzene rings is 1. The van der Waals surface area contributed by atoms with Gasteiger partial charge in [0, 0.05) is 29.1 Å². The minimum atomic E-state index is -1.75. The summed E-state index contributed by atoms with van der Waals surface area (Å²) in [4.78, 5) is 39.7. The van der Waals surface area contributed by atoms with Crippen LogP contribution in [0.2, 0.25) is 5.02 Å². The fourth-order valence-electron chi connectivity index (χ4n) is 4.49. The van der Waals surface area contributed by atoms with E-state index in [2.05, 4.69) is 5.32 Å². The van der Waals surface area contributed by atoms with Gasteiger partial charge in [0.25, 0.3) is 0 Å². The van der Waals surface area contributed by atoms with E-state index < -0.39 is 17.3 Å². The predicted molar refractivity (Wildman–Crippen MR) is 106 cm³/mol. The summed E-state index contributed by atoms with van der Waals surface area (Å²) in [6.07, 6.45) is 0.603. The van der Waals surface area contributed by atoms with Crippen LogP contribution in [0.5, 0.6) is 0 Å². The van der Waals surface area contributed by atoms with Gasteiger partial charge in [0.1, 0.15) is 16.7 Å². The Bertz CT molecular complexity index is 1040. The Morgan fingerprint density at radius 3 is 2.72 bits per heavy atom. The molecule has 3 N–H and O–H groups in total. The van der Waals surface area contributed by atoms with Gasteiger partial charge in [-0.2, -0.15) is 0 Å². The van der Waals surface area contributed by atoms with E-state index >= 15 is 0 Å². The fourth-order valence-corrected chi connectivity index (χ4v) is 4.66. The number of carbonyl (C=O) groups is 3. The second-order valence-corrected chi connectivity index (χ2v) is 8.63. The van der Waals surface area contributed by atoms with Crippen molar-refractivity contribution in [3.05, 3.63) is 51.6 Å². The Kier molecular flexibility index (Phi) is 4.27. The van der Waals surface area contributed by atoms with Crippen LogP contribution >= 0.6 is 11.6 Å². The Hall–Kier alpha value is -2.80. The number of halogens is 1. The van der Waals surface area contributed by atoms with Gasteiger partial charge in [0.15, 0.2) is 5.78 Å². The summed E-state index contributed by atoms with van der Waals surface area (Å²) in [6.45, 7) is 5.59. The number of nitrogens with two attached hydrogens (primary N) is 1. The van der Waals surface area contributed by atoms with Crippen LogP contribution in [0.15, 0.2) is 41.0 Å². The number of nitrogens with one attached hydrogen (secondary N) is 1. The van der Waals surface area contributed by atoms with Crippen LogP contribution in [0.1, 0.15) is 39.2 Å². The lowest BCUT2D eigenvalue weighted by atomic mass is 9.62. The van der Waals surface area contributed by atoms with Crippen molar-refractivity contribution >= 4 is 34.9 Å². The lowest BCUT2D eigenvalue weighted by Gasteiger charge is -2.41. The van der Waals surface area contributed by atoms with E-state index in [4.69, 9.17) is 26.8 Å². The van der Waals surface area contributed by atoms with Crippen molar-refractivity contribution in [1.29, 1.82) is 0 Å². The first-order valence-electron chi connectivity index (χ1n) is 9.35. The van der Waals surface area contributed by atoms with Crippen LogP contribution in [0.4, 0.5) is 5.69 Å². The molecule has 3 aliphatic rings. The standard InChI is InChI=1S/C21H21ClN2O5/c1-4-28-18(26)16-17(23)29-14-9-20(2,3)8-13(25)15(14)21(16)11-7-10(22)5-6-12(11)24-19(21)27/h5-7H,4,8-9,23H2,1-3H3,(H,24,27)/t21-/m1/s1. The minimum absolute atomic E-state index is 0.0720. The van der Waals surface area contributed by atoms with Crippen LogP contribution in [0, 0.1) is 5.41 Å². The maximum Gasteiger partial charge on any atom is 0.341 e. The van der Waals surface area contributed by atoms with Crippen molar-refractivity contribution in [1.82, 2.24) is 0 Å². The molecular weight excluding hydrogens is 396 g/mol. The molecule has 1 atom stereocenters. The number of esters is 1. The highest BCUT2D eigenvalue weighted by Gasteiger charge is 2.62. The van der Waals surface area contributed by atoms with Gasteiger partial charge >= 0.3 is 5.97 Å². The zero-order valence-corrected chi connectivity index (χ0v) is 17.1. The lowest BCUT2D eigenvalue weighted by molar-refractivity contribution is -0.141. The number of rotatable bonds is 2. The van der Waals surface area contributed by atoms with Crippen LogP contribution in [0.3, 0.4) is 0 Å². The van der Waals surface area contributed by atoms with Gasteiger partial charge in [-0.15, -0.1) is 0 Å².